The molecule has 0 aliphatic carbocycles. The Morgan fingerprint density at radius 3 is 2.80 bits per heavy atom. The minimum Gasteiger partial charge on any atom is -0.425 e. The first-order valence-electron chi connectivity index (χ1n) is 8.37. The van der Waals surface area contributed by atoms with Gasteiger partial charge in [-0.2, -0.15) is 0 Å². The van der Waals surface area contributed by atoms with Crippen molar-refractivity contribution in [2.24, 2.45) is 0 Å². The second-order valence-corrected chi connectivity index (χ2v) is 7.46. The first-order chi connectivity index (χ1) is 12.0. The maximum atomic E-state index is 12.7. The van der Waals surface area contributed by atoms with E-state index in [2.05, 4.69) is 24.1 Å². The molecule has 4 rings (SSSR count). The molecule has 3 heterocycles. The number of thiazole rings is 1. The smallest absolute Gasteiger partial charge is 0.425 e. The van der Waals surface area contributed by atoms with Gasteiger partial charge in [-0.25, -0.2) is 9.78 Å². The van der Waals surface area contributed by atoms with Crippen LogP contribution >= 0.6 is 11.3 Å². The first-order valence-corrected chi connectivity index (χ1v) is 9.19. The molecule has 2 aromatic rings. The van der Waals surface area contributed by atoms with Gasteiger partial charge in [-0.1, -0.05) is 18.3 Å². The standard InChI is InChI=1S/C17H19N3O4S/c1-3-9(2)18-16-19-11-5-4-10(6-14(11)25-16)15(21)20-7-12-13(8-20)24-17(22)23-12/h4-6,9,12-13H,3,7-8H2,1-2H3,(H,18,19)/t9-,12-,13+/m1/s1. The highest BCUT2D eigenvalue weighted by molar-refractivity contribution is 7.22. The third kappa shape index (κ3) is 3.02. The Morgan fingerprint density at radius 1 is 1.40 bits per heavy atom. The first kappa shape index (κ1) is 16.1. The van der Waals surface area contributed by atoms with Gasteiger partial charge in [-0.3, -0.25) is 4.79 Å². The third-order valence-electron chi connectivity index (χ3n) is 4.62. The molecular weight excluding hydrogens is 342 g/mol. The molecule has 0 unspecified atom stereocenters. The highest BCUT2D eigenvalue weighted by Gasteiger charge is 2.45. The minimum absolute atomic E-state index is 0.0826. The molecule has 2 aliphatic heterocycles. The molecule has 132 valence electrons. The number of carbonyl (C=O) groups is 2. The van der Waals surface area contributed by atoms with Crippen LogP contribution in [0, 0.1) is 0 Å². The Balaban J connectivity index is 1.51. The Labute approximate surface area is 148 Å². The molecule has 0 bridgehead atoms. The van der Waals surface area contributed by atoms with Crippen LogP contribution in [0.15, 0.2) is 18.2 Å². The summed E-state index contributed by atoms with van der Waals surface area (Å²) in [6, 6.07) is 5.89. The highest BCUT2D eigenvalue weighted by Crippen LogP contribution is 2.29. The summed E-state index contributed by atoms with van der Waals surface area (Å²) in [5, 5.41) is 4.23. The summed E-state index contributed by atoms with van der Waals surface area (Å²) in [6.45, 7) is 4.97. The van der Waals surface area contributed by atoms with Crippen LogP contribution in [-0.4, -0.2) is 53.3 Å². The van der Waals surface area contributed by atoms with Crippen molar-refractivity contribution in [3.05, 3.63) is 23.8 Å². The molecule has 2 aliphatic rings. The number of aromatic nitrogens is 1. The number of benzene rings is 1. The van der Waals surface area contributed by atoms with Crippen LogP contribution in [0.2, 0.25) is 0 Å². The summed E-state index contributed by atoms with van der Waals surface area (Å²) in [5.74, 6) is -0.0826. The number of hydrogen-bond acceptors (Lipinski definition) is 7. The second kappa shape index (κ2) is 6.18. The van der Waals surface area contributed by atoms with Gasteiger partial charge in [-0.15, -0.1) is 0 Å². The van der Waals surface area contributed by atoms with Gasteiger partial charge < -0.3 is 19.7 Å². The summed E-state index contributed by atoms with van der Waals surface area (Å²) in [6.07, 6.45) is -0.330. The van der Waals surface area contributed by atoms with Crippen molar-refractivity contribution >= 4 is 38.7 Å². The van der Waals surface area contributed by atoms with Crippen LogP contribution in [0.1, 0.15) is 30.6 Å². The number of nitrogens with one attached hydrogen (secondary N) is 1. The molecule has 8 heteroatoms. The van der Waals surface area contributed by atoms with E-state index in [0.717, 1.165) is 21.8 Å². The van der Waals surface area contributed by atoms with Crippen LogP contribution in [0.5, 0.6) is 0 Å². The van der Waals surface area contributed by atoms with E-state index in [0.29, 0.717) is 24.7 Å². The van der Waals surface area contributed by atoms with Crippen molar-refractivity contribution in [1.82, 2.24) is 9.88 Å². The van der Waals surface area contributed by atoms with Gasteiger partial charge in [0.15, 0.2) is 17.3 Å². The molecule has 2 saturated heterocycles. The molecule has 1 aromatic carbocycles. The Bertz CT molecular complexity index is 820. The summed E-state index contributed by atoms with van der Waals surface area (Å²) in [4.78, 5) is 30.1. The zero-order chi connectivity index (χ0) is 17.6. The van der Waals surface area contributed by atoms with E-state index in [1.165, 1.54) is 0 Å². The highest BCUT2D eigenvalue weighted by atomic mass is 32.1. The number of carbonyl (C=O) groups excluding carboxylic acids is 2. The quantitative estimate of drug-likeness (QED) is 0.844. The van der Waals surface area contributed by atoms with Gasteiger partial charge in [0.25, 0.3) is 5.91 Å². The summed E-state index contributed by atoms with van der Waals surface area (Å²) in [5.41, 5.74) is 1.49. The average molecular weight is 361 g/mol. The lowest BCUT2D eigenvalue weighted by atomic mass is 10.2. The molecule has 0 radical (unpaired) electrons. The van der Waals surface area contributed by atoms with Crippen molar-refractivity contribution in [1.29, 1.82) is 0 Å². The van der Waals surface area contributed by atoms with E-state index in [1.807, 2.05) is 12.1 Å². The fourth-order valence-electron chi connectivity index (χ4n) is 3.03. The van der Waals surface area contributed by atoms with Gasteiger partial charge in [0.1, 0.15) is 0 Å². The monoisotopic (exact) mass is 361 g/mol. The fourth-order valence-corrected chi connectivity index (χ4v) is 4.04. The van der Waals surface area contributed by atoms with Crippen LogP contribution < -0.4 is 5.32 Å². The molecular formula is C17H19N3O4S. The predicted molar refractivity (Wildman–Crippen MR) is 94.0 cm³/mol. The van der Waals surface area contributed by atoms with Crippen LogP contribution in [0.3, 0.4) is 0 Å². The second-order valence-electron chi connectivity index (χ2n) is 6.43. The molecule has 1 amide bonds. The molecule has 3 atom stereocenters. The third-order valence-corrected chi connectivity index (χ3v) is 5.56. The normalized spacial score (nSPS) is 23.3. The van der Waals surface area contributed by atoms with Crippen LogP contribution in [0.25, 0.3) is 10.2 Å². The van der Waals surface area contributed by atoms with E-state index in [9.17, 15) is 9.59 Å². The maximum Gasteiger partial charge on any atom is 0.509 e. The molecule has 1 N–H and O–H groups in total. The molecule has 0 saturated carbocycles. The number of hydrogen-bond donors (Lipinski definition) is 1. The largest absolute Gasteiger partial charge is 0.509 e. The van der Waals surface area contributed by atoms with Crippen molar-refractivity contribution in [2.45, 2.75) is 38.5 Å². The zero-order valence-corrected chi connectivity index (χ0v) is 14.8. The fraction of sp³-hybridized carbons (Fsp3) is 0.471. The van der Waals surface area contributed by atoms with Gasteiger partial charge in [0, 0.05) is 11.6 Å². The summed E-state index contributed by atoms with van der Waals surface area (Å²) >= 11 is 1.55. The number of amides is 1. The van der Waals surface area contributed by atoms with Crippen LogP contribution in [-0.2, 0) is 9.47 Å². The lowest BCUT2D eigenvalue weighted by Gasteiger charge is -2.16. The Hall–Kier alpha value is -2.35. The van der Waals surface area contributed by atoms with Crippen molar-refractivity contribution in [3.63, 3.8) is 0 Å². The minimum atomic E-state index is -0.644. The number of likely N-dealkylation sites (tertiary alicyclic amines) is 1. The van der Waals surface area contributed by atoms with Gasteiger partial charge in [0.2, 0.25) is 0 Å². The van der Waals surface area contributed by atoms with Crippen molar-refractivity contribution in [2.75, 3.05) is 18.4 Å². The SMILES string of the molecule is CC[C@@H](C)Nc1nc2ccc(C(=O)N3C[C@@H]4OC(=O)O[C@@H]4C3)cc2s1. The molecule has 1 aromatic heterocycles. The number of fused-ring (bicyclic) bond motifs is 2. The van der Waals surface area contributed by atoms with Gasteiger partial charge >= 0.3 is 6.16 Å². The van der Waals surface area contributed by atoms with E-state index < -0.39 is 6.16 Å². The van der Waals surface area contributed by atoms with E-state index in [-0.39, 0.29) is 18.1 Å². The number of ether oxygens (including phenoxy) is 2. The average Bonchev–Trinajstić information content (AvgIpc) is 3.24. The zero-order valence-electron chi connectivity index (χ0n) is 14.0. The topological polar surface area (TPSA) is 80.8 Å². The van der Waals surface area contributed by atoms with Crippen molar-refractivity contribution in [3.8, 4) is 0 Å². The van der Waals surface area contributed by atoms with Gasteiger partial charge in [-0.05, 0) is 31.5 Å². The molecule has 2 fully saturated rings. The Kier molecular flexibility index (Phi) is 3.99. The summed E-state index contributed by atoms with van der Waals surface area (Å²) in [7, 11) is 0. The summed E-state index contributed by atoms with van der Waals surface area (Å²) < 4.78 is 11.1. The van der Waals surface area contributed by atoms with Crippen LogP contribution in [0.4, 0.5) is 9.93 Å². The van der Waals surface area contributed by atoms with Crippen molar-refractivity contribution < 1.29 is 19.1 Å². The van der Waals surface area contributed by atoms with Gasteiger partial charge in [0.05, 0.1) is 23.3 Å². The van der Waals surface area contributed by atoms with E-state index in [4.69, 9.17) is 9.47 Å². The Morgan fingerprint density at radius 2 is 2.12 bits per heavy atom. The van der Waals surface area contributed by atoms with E-state index >= 15 is 0 Å². The maximum absolute atomic E-state index is 12.7. The molecule has 0 spiro atoms. The molecule has 7 nitrogen and oxygen atoms in total. The number of anilines is 1. The lowest BCUT2D eigenvalue weighted by molar-refractivity contribution is 0.0673. The number of nitrogens with zero attached hydrogens (tertiary/aromatic N) is 2. The molecule has 25 heavy (non-hydrogen) atoms. The predicted octanol–water partition coefficient (Wildman–Crippen LogP) is 2.87. The van der Waals surface area contributed by atoms with E-state index in [1.54, 1.807) is 22.3 Å². The number of rotatable bonds is 4. The lowest BCUT2D eigenvalue weighted by Crippen LogP contribution is -2.31.